The maximum Gasteiger partial charge on any atom is 0.341 e. The SMILES string of the molecule is CCc1[nH]nc(N)c1C(=O)O. The lowest BCUT2D eigenvalue weighted by molar-refractivity contribution is 0.0697. The van der Waals surface area contributed by atoms with E-state index >= 15 is 0 Å². The molecule has 5 nitrogen and oxygen atoms in total. The molecule has 1 aromatic rings. The third-order valence-electron chi connectivity index (χ3n) is 1.44. The summed E-state index contributed by atoms with van der Waals surface area (Å²) in [6, 6.07) is 0. The normalized spacial score (nSPS) is 9.91. The van der Waals surface area contributed by atoms with E-state index in [4.69, 9.17) is 10.8 Å². The number of carboxylic acid groups (broad SMARTS) is 1. The number of anilines is 1. The van der Waals surface area contributed by atoms with Crippen molar-refractivity contribution < 1.29 is 9.90 Å². The second kappa shape index (κ2) is 2.61. The minimum absolute atomic E-state index is 0.0503. The number of aromatic amines is 1. The molecule has 0 aliphatic rings. The number of hydrogen-bond acceptors (Lipinski definition) is 3. The number of carboxylic acids is 1. The van der Waals surface area contributed by atoms with Crippen LogP contribution >= 0.6 is 0 Å². The van der Waals surface area contributed by atoms with Crippen LogP contribution in [-0.2, 0) is 6.42 Å². The van der Waals surface area contributed by atoms with Crippen molar-refractivity contribution in [2.45, 2.75) is 13.3 Å². The summed E-state index contributed by atoms with van der Waals surface area (Å²) in [5.74, 6) is -0.984. The maximum absolute atomic E-state index is 10.5. The standard InChI is InChI=1S/C6H9N3O2/c1-2-3-4(6(10)11)5(7)9-8-3/h2H2,1H3,(H,10,11)(H3,7,8,9). The molecule has 4 N–H and O–H groups in total. The Morgan fingerprint density at radius 1 is 1.82 bits per heavy atom. The molecule has 0 radical (unpaired) electrons. The highest BCUT2D eigenvalue weighted by atomic mass is 16.4. The number of rotatable bonds is 2. The lowest BCUT2D eigenvalue weighted by Crippen LogP contribution is -2.02. The monoisotopic (exact) mass is 155 g/mol. The predicted molar refractivity (Wildman–Crippen MR) is 39.3 cm³/mol. The van der Waals surface area contributed by atoms with E-state index in [0.717, 1.165) is 0 Å². The molecule has 1 aromatic heterocycles. The molecular weight excluding hydrogens is 146 g/mol. The summed E-state index contributed by atoms with van der Waals surface area (Å²) < 4.78 is 0. The Hall–Kier alpha value is -1.52. The molecule has 60 valence electrons. The van der Waals surface area contributed by atoms with E-state index < -0.39 is 5.97 Å². The first-order valence-corrected chi connectivity index (χ1v) is 3.22. The van der Waals surface area contributed by atoms with Crippen LogP contribution < -0.4 is 5.73 Å². The predicted octanol–water partition coefficient (Wildman–Crippen LogP) is 0.252. The van der Waals surface area contributed by atoms with E-state index in [1.165, 1.54) is 0 Å². The highest BCUT2D eigenvalue weighted by Crippen LogP contribution is 2.12. The first-order chi connectivity index (χ1) is 5.16. The molecule has 0 amide bonds. The van der Waals surface area contributed by atoms with Crippen LogP contribution in [0.25, 0.3) is 0 Å². The Balaban J connectivity index is 3.17. The van der Waals surface area contributed by atoms with E-state index in [-0.39, 0.29) is 11.4 Å². The molecule has 0 aromatic carbocycles. The lowest BCUT2D eigenvalue weighted by Gasteiger charge is -1.92. The van der Waals surface area contributed by atoms with Gasteiger partial charge in [0.1, 0.15) is 5.56 Å². The van der Waals surface area contributed by atoms with Crippen molar-refractivity contribution in [3.05, 3.63) is 11.3 Å². The lowest BCUT2D eigenvalue weighted by atomic mass is 10.2. The summed E-state index contributed by atoms with van der Waals surface area (Å²) in [7, 11) is 0. The Morgan fingerprint density at radius 3 is 2.82 bits per heavy atom. The van der Waals surface area contributed by atoms with Crippen molar-refractivity contribution in [2.75, 3.05) is 5.73 Å². The Morgan fingerprint density at radius 2 is 2.45 bits per heavy atom. The zero-order valence-electron chi connectivity index (χ0n) is 6.09. The number of nitrogens with one attached hydrogen (secondary N) is 1. The van der Waals surface area contributed by atoms with Gasteiger partial charge in [0.25, 0.3) is 0 Å². The molecule has 0 bridgehead atoms. The summed E-state index contributed by atoms with van der Waals surface area (Å²) in [4.78, 5) is 10.5. The quantitative estimate of drug-likeness (QED) is 0.570. The van der Waals surface area contributed by atoms with Crippen LogP contribution in [-0.4, -0.2) is 21.3 Å². The fourth-order valence-corrected chi connectivity index (χ4v) is 0.889. The van der Waals surface area contributed by atoms with Gasteiger partial charge in [-0.1, -0.05) is 6.92 Å². The van der Waals surface area contributed by atoms with Crippen molar-refractivity contribution in [1.29, 1.82) is 0 Å². The molecule has 11 heavy (non-hydrogen) atoms. The number of nitrogens with two attached hydrogens (primary N) is 1. The Bertz CT molecular complexity index is 279. The molecule has 0 fully saturated rings. The zero-order chi connectivity index (χ0) is 8.43. The molecule has 0 aliphatic carbocycles. The maximum atomic E-state index is 10.5. The van der Waals surface area contributed by atoms with Gasteiger partial charge >= 0.3 is 5.97 Å². The van der Waals surface area contributed by atoms with E-state index in [0.29, 0.717) is 12.1 Å². The van der Waals surface area contributed by atoms with Gasteiger partial charge in [0, 0.05) is 0 Å². The Kier molecular flexibility index (Phi) is 1.80. The minimum atomic E-state index is -1.03. The van der Waals surface area contributed by atoms with Crippen LogP contribution in [0.15, 0.2) is 0 Å². The molecule has 5 heteroatoms. The van der Waals surface area contributed by atoms with Crippen LogP contribution in [0.3, 0.4) is 0 Å². The molecule has 1 heterocycles. The largest absolute Gasteiger partial charge is 0.477 e. The fourth-order valence-electron chi connectivity index (χ4n) is 0.889. The summed E-state index contributed by atoms with van der Waals surface area (Å²) in [5, 5.41) is 14.8. The van der Waals surface area contributed by atoms with Gasteiger partial charge in [-0.05, 0) is 6.42 Å². The van der Waals surface area contributed by atoms with Gasteiger partial charge in [-0.2, -0.15) is 5.10 Å². The minimum Gasteiger partial charge on any atom is -0.477 e. The van der Waals surface area contributed by atoms with Crippen LogP contribution in [0, 0.1) is 0 Å². The highest BCUT2D eigenvalue weighted by Gasteiger charge is 2.15. The first-order valence-electron chi connectivity index (χ1n) is 3.22. The van der Waals surface area contributed by atoms with Crippen LogP contribution in [0.5, 0.6) is 0 Å². The third-order valence-corrected chi connectivity index (χ3v) is 1.44. The van der Waals surface area contributed by atoms with Gasteiger partial charge in [-0.15, -0.1) is 0 Å². The van der Waals surface area contributed by atoms with E-state index in [1.807, 2.05) is 6.92 Å². The van der Waals surface area contributed by atoms with Gasteiger partial charge in [0.15, 0.2) is 5.82 Å². The number of H-pyrrole nitrogens is 1. The number of carbonyl (C=O) groups is 1. The molecule has 0 unspecified atom stereocenters. The molecular formula is C6H9N3O2. The van der Waals surface area contributed by atoms with Gasteiger partial charge in [-0.3, -0.25) is 5.10 Å². The van der Waals surface area contributed by atoms with E-state index in [9.17, 15) is 4.79 Å². The zero-order valence-corrected chi connectivity index (χ0v) is 6.09. The van der Waals surface area contributed by atoms with E-state index in [2.05, 4.69) is 10.2 Å². The summed E-state index contributed by atoms with van der Waals surface area (Å²) in [5.41, 5.74) is 5.95. The average Bonchev–Trinajstić information content (AvgIpc) is 2.30. The number of nitrogens with zero attached hydrogens (tertiary/aromatic N) is 1. The molecule has 0 spiro atoms. The number of aromatic carboxylic acids is 1. The molecule has 0 aliphatic heterocycles. The smallest absolute Gasteiger partial charge is 0.341 e. The van der Waals surface area contributed by atoms with Crippen molar-refractivity contribution in [3.63, 3.8) is 0 Å². The number of nitrogen functional groups attached to an aromatic ring is 1. The molecule has 0 saturated heterocycles. The van der Waals surface area contributed by atoms with Crippen LogP contribution in [0.4, 0.5) is 5.82 Å². The van der Waals surface area contributed by atoms with Gasteiger partial charge in [0.05, 0.1) is 5.69 Å². The van der Waals surface area contributed by atoms with Gasteiger partial charge < -0.3 is 10.8 Å². The summed E-state index contributed by atoms with van der Waals surface area (Å²) in [6.45, 7) is 1.83. The van der Waals surface area contributed by atoms with Gasteiger partial charge in [-0.25, -0.2) is 4.79 Å². The molecule has 0 atom stereocenters. The number of aryl methyl sites for hydroxylation is 1. The summed E-state index contributed by atoms with van der Waals surface area (Å²) in [6.07, 6.45) is 0.589. The van der Waals surface area contributed by atoms with Gasteiger partial charge in [0.2, 0.25) is 0 Å². The van der Waals surface area contributed by atoms with Crippen molar-refractivity contribution >= 4 is 11.8 Å². The number of aromatic nitrogens is 2. The molecule has 0 saturated carbocycles. The van der Waals surface area contributed by atoms with Crippen molar-refractivity contribution in [1.82, 2.24) is 10.2 Å². The third kappa shape index (κ3) is 1.17. The Labute approximate surface area is 63.2 Å². The van der Waals surface area contributed by atoms with E-state index in [1.54, 1.807) is 0 Å². The van der Waals surface area contributed by atoms with Crippen molar-refractivity contribution in [2.24, 2.45) is 0 Å². The molecule has 1 rings (SSSR count). The fraction of sp³-hybridized carbons (Fsp3) is 0.333. The van der Waals surface area contributed by atoms with Crippen LogP contribution in [0.2, 0.25) is 0 Å². The van der Waals surface area contributed by atoms with Crippen molar-refractivity contribution in [3.8, 4) is 0 Å². The topological polar surface area (TPSA) is 92.0 Å². The van der Waals surface area contributed by atoms with Crippen LogP contribution in [0.1, 0.15) is 23.0 Å². The second-order valence-corrected chi connectivity index (χ2v) is 2.12. The highest BCUT2D eigenvalue weighted by molar-refractivity contribution is 5.93. The second-order valence-electron chi connectivity index (χ2n) is 2.12. The number of hydrogen-bond donors (Lipinski definition) is 3. The average molecular weight is 155 g/mol. The first kappa shape index (κ1) is 7.59. The summed E-state index contributed by atoms with van der Waals surface area (Å²) >= 11 is 0.